The monoisotopic (exact) mass is 165 g/mol. The van der Waals surface area contributed by atoms with Gasteiger partial charge in [-0.05, 0) is 19.4 Å². The molecule has 0 amide bonds. The zero-order chi connectivity index (χ0) is 8.72. The van der Waals surface area contributed by atoms with Crippen LogP contribution in [0, 0.1) is 19.8 Å². The minimum atomic E-state index is -0.475. The van der Waals surface area contributed by atoms with E-state index in [2.05, 4.69) is 10.1 Å². The molecule has 0 unspecified atom stereocenters. The number of nitrogens with zero attached hydrogens (tertiary/aromatic N) is 3. The van der Waals surface area contributed by atoms with Crippen molar-refractivity contribution in [3.63, 3.8) is 0 Å². The molecule has 2 aromatic heterocycles. The van der Waals surface area contributed by atoms with Crippen LogP contribution in [0.3, 0.4) is 0 Å². The topological polar surface area (TPSA) is 30.2 Å². The summed E-state index contributed by atoms with van der Waals surface area (Å²) in [5.41, 5.74) is 2.36. The number of fused-ring (bicyclic) bond motifs is 1. The molecule has 3 nitrogen and oxygen atoms in total. The van der Waals surface area contributed by atoms with Gasteiger partial charge in [0.05, 0.1) is 11.9 Å². The maximum Gasteiger partial charge on any atom is 0.232 e. The van der Waals surface area contributed by atoms with Crippen molar-refractivity contribution in [3.8, 4) is 0 Å². The largest absolute Gasteiger partial charge is 0.232 e. The van der Waals surface area contributed by atoms with E-state index in [1.54, 1.807) is 6.20 Å². The Labute approximate surface area is 68.9 Å². The number of aryl methyl sites for hydroxylation is 2. The van der Waals surface area contributed by atoms with E-state index in [0.29, 0.717) is 5.65 Å². The van der Waals surface area contributed by atoms with Gasteiger partial charge in [0.2, 0.25) is 5.95 Å². The van der Waals surface area contributed by atoms with Crippen molar-refractivity contribution in [1.82, 2.24) is 14.6 Å². The molecule has 2 heterocycles. The van der Waals surface area contributed by atoms with Gasteiger partial charge in [0.15, 0.2) is 5.65 Å². The number of aromatic nitrogens is 3. The lowest BCUT2D eigenvalue weighted by Gasteiger charge is -1.95. The second-order valence-corrected chi connectivity index (χ2v) is 2.80. The van der Waals surface area contributed by atoms with Gasteiger partial charge in [0.1, 0.15) is 0 Å². The first-order chi connectivity index (χ1) is 5.66. The number of rotatable bonds is 0. The van der Waals surface area contributed by atoms with E-state index in [1.807, 2.05) is 13.8 Å². The highest BCUT2D eigenvalue weighted by molar-refractivity contribution is 5.46. The zero-order valence-electron chi connectivity index (χ0n) is 6.87. The summed E-state index contributed by atoms with van der Waals surface area (Å²) < 4.78 is 14.2. The quantitative estimate of drug-likeness (QED) is 0.592. The van der Waals surface area contributed by atoms with E-state index in [9.17, 15) is 4.39 Å². The number of hydrogen-bond acceptors (Lipinski definition) is 2. The molecule has 2 rings (SSSR count). The summed E-state index contributed by atoms with van der Waals surface area (Å²) in [5.74, 6) is -0.475. The summed E-state index contributed by atoms with van der Waals surface area (Å²) in [6, 6.07) is 1.38. The fraction of sp³-hybridized carbons (Fsp3) is 0.250. The van der Waals surface area contributed by atoms with Crippen LogP contribution in [0.5, 0.6) is 0 Å². The lowest BCUT2D eigenvalue weighted by molar-refractivity contribution is 0.553. The van der Waals surface area contributed by atoms with Gasteiger partial charge in [-0.3, -0.25) is 0 Å². The summed E-state index contributed by atoms with van der Waals surface area (Å²) in [5, 5.41) is 3.64. The molecular formula is C8H8FN3. The molecule has 2 aromatic rings. The summed E-state index contributed by atoms with van der Waals surface area (Å²) in [6.45, 7) is 3.67. The lowest BCUT2D eigenvalue weighted by atomic mass is 10.3. The Bertz CT molecular complexity index is 433. The van der Waals surface area contributed by atoms with Crippen LogP contribution in [-0.4, -0.2) is 14.6 Å². The predicted molar refractivity (Wildman–Crippen MR) is 42.4 cm³/mol. The van der Waals surface area contributed by atoms with E-state index < -0.39 is 5.95 Å². The molecule has 0 spiro atoms. The normalized spacial score (nSPS) is 10.9. The molecule has 0 saturated heterocycles. The molecule has 0 radical (unpaired) electrons. The van der Waals surface area contributed by atoms with Gasteiger partial charge >= 0.3 is 0 Å². The van der Waals surface area contributed by atoms with Gasteiger partial charge in [-0.1, -0.05) is 0 Å². The highest BCUT2D eigenvalue weighted by Crippen LogP contribution is 2.08. The molecule has 0 saturated carbocycles. The van der Waals surface area contributed by atoms with Crippen molar-refractivity contribution < 1.29 is 4.39 Å². The van der Waals surface area contributed by atoms with Crippen LogP contribution in [0.4, 0.5) is 4.39 Å². The van der Waals surface area contributed by atoms with Crippen molar-refractivity contribution in [3.05, 3.63) is 29.5 Å². The highest BCUT2D eigenvalue weighted by atomic mass is 19.1. The van der Waals surface area contributed by atoms with Crippen molar-refractivity contribution in [2.24, 2.45) is 0 Å². The smallest absolute Gasteiger partial charge is 0.232 e. The zero-order valence-corrected chi connectivity index (χ0v) is 6.87. The highest BCUT2D eigenvalue weighted by Gasteiger charge is 2.03. The fourth-order valence-electron chi connectivity index (χ4n) is 1.21. The van der Waals surface area contributed by atoms with E-state index in [4.69, 9.17) is 0 Å². The van der Waals surface area contributed by atoms with E-state index in [-0.39, 0.29) is 0 Å². The van der Waals surface area contributed by atoms with Crippen LogP contribution in [0.2, 0.25) is 0 Å². The van der Waals surface area contributed by atoms with Crippen molar-refractivity contribution in [2.75, 3.05) is 0 Å². The third kappa shape index (κ3) is 0.958. The molecule has 0 aliphatic heterocycles. The third-order valence-electron chi connectivity index (χ3n) is 1.70. The van der Waals surface area contributed by atoms with Gasteiger partial charge in [-0.2, -0.15) is 4.39 Å². The summed E-state index contributed by atoms with van der Waals surface area (Å²) >= 11 is 0. The summed E-state index contributed by atoms with van der Waals surface area (Å²) in [6.07, 6.45) is 1.70. The summed E-state index contributed by atoms with van der Waals surface area (Å²) in [4.78, 5) is 4.19. The van der Waals surface area contributed by atoms with Gasteiger partial charge in [-0.25, -0.2) is 9.50 Å². The Hall–Kier alpha value is -1.45. The molecule has 12 heavy (non-hydrogen) atoms. The van der Waals surface area contributed by atoms with Gasteiger partial charge in [-0.15, -0.1) is 5.10 Å². The minimum Gasteiger partial charge on any atom is -0.232 e. The number of hydrogen-bond donors (Lipinski definition) is 0. The molecule has 0 aromatic carbocycles. The van der Waals surface area contributed by atoms with Crippen LogP contribution in [0.15, 0.2) is 12.3 Å². The van der Waals surface area contributed by atoms with Crippen LogP contribution in [0.1, 0.15) is 11.3 Å². The predicted octanol–water partition coefficient (Wildman–Crippen LogP) is 1.49. The maximum atomic E-state index is 12.7. The number of halogens is 1. The molecule has 0 aliphatic rings. The molecule has 0 bridgehead atoms. The van der Waals surface area contributed by atoms with Crippen LogP contribution in [0.25, 0.3) is 5.65 Å². The molecular weight excluding hydrogens is 157 g/mol. The van der Waals surface area contributed by atoms with E-state index in [0.717, 1.165) is 11.3 Å². The molecule has 0 fully saturated rings. The van der Waals surface area contributed by atoms with Gasteiger partial charge < -0.3 is 0 Å². The SMILES string of the molecule is Cc1cn2nc(F)cc(C)c2n1. The van der Waals surface area contributed by atoms with E-state index in [1.165, 1.54) is 10.6 Å². The maximum absolute atomic E-state index is 12.7. The average Bonchev–Trinajstić information content (AvgIpc) is 2.29. The Morgan fingerprint density at radius 2 is 2.17 bits per heavy atom. The van der Waals surface area contributed by atoms with E-state index >= 15 is 0 Å². The average molecular weight is 165 g/mol. The second-order valence-electron chi connectivity index (χ2n) is 2.80. The van der Waals surface area contributed by atoms with Crippen LogP contribution < -0.4 is 0 Å². The Morgan fingerprint density at radius 3 is 2.92 bits per heavy atom. The Balaban J connectivity index is 2.88. The first kappa shape index (κ1) is 7.21. The molecule has 4 heteroatoms. The van der Waals surface area contributed by atoms with Gasteiger partial charge in [0.25, 0.3) is 0 Å². The lowest BCUT2D eigenvalue weighted by Crippen LogP contribution is -1.95. The molecule has 0 N–H and O–H groups in total. The first-order valence-corrected chi connectivity index (χ1v) is 3.66. The van der Waals surface area contributed by atoms with Crippen molar-refractivity contribution >= 4 is 5.65 Å². The third-order valence-corrected chi connectivity index (χ3v) is 1.70. The van der Waals surface area contributed by atoms with Crippen molar-refractivity contribution in [2.45, 2.75) is 13.8 Å². The minimum absolute atomic E-state index is 0.475. The standard InChI is InChI=1S/C8H8FN3/c1-5-3-7(9)11-12-4-6(2)10-8(5)12/h3-4H,1-2H3. The summed E-state index contributed by atoms with van der Waals surface area (Å²) in [7, 11) is 0. The fourth-order valence-corrected chi connectivity index (χ4v) is 1.21. The van der Waals surface area contributed by atoms with Crippen LogP contribution in [-0.2, 0) is 0 Å². The van der Waals surface area contributed by atoms with Gasteiger partial charge in [0, 0.05) is 6.07 Å². The Kier molecular flexibility index (Phi) is 1.36. The number of imidazole rings is 1. The molecule has 0 aliphatic carbocycles. The van der Waals surface area contributed by atoms with Crippen molar-refractivity contribution in [1.29, 1.82) is 0 Å². The molecule has 62 valence electrons. The molecule has 0 atom stereocenters. The second kappa shape index (κ2) is 2.27. The Morgan fingerprint density at radius 1 is 1.42 bits per heavy atom. The van der Waals surface area contributed by atoms with Crippen LogP contribution >= 0.6 is 0 Å². The first-order valence-electron chi connectivity index (χ1n) is 3.66.